The Morgan fingerprint density at radius 2 is 1.96 bits per heavy atom. The quantitative estimate of drug-likeness (QED) is 0.287. The second kappa shape index (κ2) is 7.71. The molecule has 0 aliphatic carbocycles. The van der Waals surface area contributed by atoms with E-state index in [0.29, 0.717) is 24.2 Å². The van der Waals surface area contributed by atoms with Crippen LogP contribution in [0.2, 0.25) is 0 Å². The lowest BCUT2D eigenvalue weighted by Gasteiger charge is -2.35. The van der Waals surface area contributed by atoms with Crippen molar-refractivity contribution in [2.45, 2.75) is 49.1 Å². The zero-order valence-corrected chi connectivity index (χ0v) is 16.9. The molecule has 5 rings (SSSR count). The monoisotopic (exact) mass is 426 g/mol. The molecule has 152 valence electrons. The van der Waals surface area contributed by atoms with Gasteiger partial charge in [-0.3, -0.25) is 9.36 Å². The molecule has 10 heteroatoms. The van der Waals surface area contributed by atoms with Gasteiger partial charge in [-0.2, -0.15) is 11.8 Å². The second-order valence-electron chi connectivity index (χ2n) is 7.48. The fourth-order valence-electron chi connectivity index (χ4n) is 4.29. The lowest BCUT2D eigenvalue weighted by atomic mass is 9.98. The third-order valence-electron chi connectivity index (χ3n) is 5.51. The summed E-state index contributed by atoms with van der Waals surface area (Å²) in [6, 6.07) is 5.39. The summed E-state index contributed by atoms with van der Waals surface area (Å²) in [6.07, 6.45) is 2.28. The molecule has 1 aromatic carbocycles. The molecule has 1 aromatic rings. The first-order chi connectivity index (χ1) is 13.3. The molecule has 4 aliphatic rings. The van der Waals surface area contributed by atoms with Gasteiger partial charge in [0, 0.05) is 17.4 Å². The van der Waals surface area contributed by atoms with E-state index in [1.165, 1.54) is 0 Å². The zero-order chi connectivity index (χ0) is 19.9. The highest BCUT2D eigenvalue weighted by atomic mass is 32.2. The number of nitrogens with one attached hydrogen (secondary N) is 1. The van der Waals surface area contributed by atoms with Gasteiger partial charge in [0.2, 0.25) is 0 Å². The van der Waals surface area contributed by atoms with Gasteiger partial charge >= 0.3 is 19.6 Å². The third kappa shape index (κ3) is 4.08. The number of rotatable bonds is 2. The number of amides is 2. The summed E-state index contributed by atoms with van der Waals surface area (Å²) in [4.78, 5) is 45.7. The first-order valence-corrected chi connectivity index (χ1v) is 12.2. The van der Waals surface area contributed by atoms with Crippen LogP contribution in [0.4, 0.5) is 4.79 Å². The van der Waals surface area contributed by atoms with Crippen LogP contribution in [0.1, 0.15) is 37.3 Å². The Labute approximate surface area is 167 Å². The first-order valence-electron chi connectivity index (χ1n) is 9.37. The number of hydrogen-bond acceptors (Lipinski definition) is 5. The van der Waals surface area contributed by atoms with Crippen molar-refractivity contribution >= 4 is 31.4 Å². The van der Waals surface area contributed by atoms with Crippen molar-refractivity contribution in [3.05, 3.63) is 29.8 Å². The van der Waals surface area contributed by atoms with Crippen LogP contribution in [0.3, 0.4) is 0 Å². The Hall–Kier alpha value is -1.54. The minimum absolute atomic E-state index is 0.0288. The van der Waals surface area contributed by atoms with Crippen LogP contribution >= 0.6 is 19.4 Å². The number of ether oxygens (including phenoxy) is 1. The van der Waals surface area contributed by atoms with Crippen molar-refractivity contribution in [1.82, 2.24) is 10.2 Å². The molecular formula is C18H23N2O6PS. The van der Waals surface area contributed by atoms with Crippen molar-refractivity contribution in [2.24, 2.45) is 0 Å². The lowest BCUT2D eigenvalue weighted by Crippen LogP contribution is -2.44. The highest BCUT2D eigenvalue weighted by Gasteiger charge is 2.51. The van der Waals surface area contributed by atoms with Crippen molar-refractivity contribution in [2.75, 3.05) is 11.9 Å². The number of hydrogen-bond donors (Lipinski definition) is 3. The number of carbonyl (C=O) groups excluding carboxylic acids is 2. The normalized spacial score (nSPS) is 30.6. The SMILES string of the molecule is O=C1CCCC[C@H]2SC[C@H]3NC(=O)N(C(CP(=O)(O)O)c4ccc(cc4)O1)[C@H]32. The molecule has 1 unspecified atom stereocenters. The van der Waals surface area contributed by atoms with Crippen LogP contribution in [0, 0.1) is 0 Å². The van der Waals surface area contributed by atoms with E-state index in [1.54, 1.807) is 40.9 Å². The van der Waals surface area contributed by atoms with Crippen molar-refractivity contribution < 1.29 is 28.7 Å². The maximum absolute atomic E-state index is 12.8. The number of carbonyl (C=O) groups is 2. The lowest BCUT2D eigenvalue weighted by molar-refractivity contribution is -0.134. The predicted molar refractivity (Wildman–Crippen MR) is 104 cm³/mol. The number of urea groups is 1. The molecule has 2 fully saturated rings. The molecule has 4 atom stereocenters. The van der Waals surface area contributed by atoms with E-state index in [2.05, 4.69) is 5.32 Å². The molecule has 3 N–H and O–H groups in total. The molecule has 8 nitrogen and oxygen atoms in total. The van der Waals surface area contributed by atoms with Crippen LogP contribution in [0.5, 0.6) is 5.75 Å². The van der Waals surface area contributed by atoms with E-state index in [0.717, 1.165) is 18.6 Å². The van der Waals surface area contributed by atoms with E-state index >= 15 is 0 Å². The van der Waals surface area contributed by atoms with Gasteiger partial charge in [0.05, 0.1) is 24.3 Å². The fourth-order valence-corrected chi connectivity index (χ4v) is 6.71. The van der Waals surface area contributed by atoms with Crippen molar-refractivity contribution in [3.63, 3.8) is 0 Å². The van der Waals surface area contributed by atoms with Gasteiger partial charge in [-0.15, -0.1) is 0 Å². The van der Waals surface area contributed by atoms with Gasteiger partial charge in [0.1, 0.15) is 5.75 Å². The summed E-state index contributed by atoms with van der Waals surface area (Å²) in [6.45, 7) is 0. The Morgan fingerprint density at radius 3 is 2.68 bits per heavy atom. The molecule has 0 aromatic heterocycles. The summed E-state index contributed by atoms with van der Waals surface area (Å²) < 4.78 is 17.2. The molecular weight excluding hydrogens is 403 g/mol. The predicted octanol–water partition coefficient (Wildman–Crippen LogP) is 2.26. The number of benzene rings is 1. The smallest absolute Gasteiger partial charge is 0.327 e. The molecule has 0 spiro atoms. The Kier molecular flexibility index (Phi) is 5.44. The van der Waals surface area contributed by atoms with Crippen LogP contribution in [-0.2, 0) is 9.36 Å². The number of nitrogens with zero attached hydrogens (tertiary/aromatic N) is 1. The average Bonchev–Trinajstić information content (AvgIpc) is 3.14. The zero-order valence-electron chi connectivity index (χ0n) is 15.2. The van der Waals surface area contributed by atoms with Gasteiger partial charge in [0.15, 0.2) is 0 Å². The Bertz CT molecular complexity index is 813. The summed E-state index contributed by atoms with van der Waals surface area (Å²) in [5.41, 5.74) is 0.617. The second-order valence-corrected chi connectivity index (χ2v) is 10.4. The van der Waals surface area contributed by atoms with Crippen LogP contribution in [0.15, 0.2) is 24.3 Å². The maximum atomic E-state index is 12.8. The molecule has 0 saturated carbocycles. The summed E-state index contributed by atoms with van der Waals surface area (Å²) in [5.74, 6) is 0.882. The topological polar surface area (TPSA) is 116 Å². The third-order valence-corrected chi connectivity index (χ3v) is 7.83. The van der Waals surface area contributed by atoms with Crippen LogP contribution in [0.25, 0.3) is 0 Å². The highest BCUT2D eigenvalue weighted by molar-refractivity contribution is 8.00. The average molecular weight is 426 g/mol. The molecule has 2 saturated heterocycles. The Balaban J connectivity index is 1.75. The highest BCUT2D eigenvalue weighted by Crippen LogP contribution is 2.47. The molecule has 4 aliphatic heterocycles. The van der Waals surface area contributed by atoms with Crippen LogP contribution in [-0.4, -0.2) is 55.9 Å². The van der Waals surface area contributed by atoms with Gasteiger partial charge in [0.25, 0.3) is 0 Å². The standard InChI is InChI=1S/C18H23N2O6PS/c21-16-4-2-1-3-15-17-13(10-28-15)19-18(22)20(17)14(9-27(23,24)25)11-5-7-12(26-16)8-6-11/h5-8,13-15,17H,1-4,9-10H2,(H,19,22)(H2,23,24,25)/t13-,14?,15-,17-/m1/s1. The van der Waals surface area contributed by atoms with Gasteiger partial charge < -0.3 is 24.7 Å². The molecule has 4 heterocycles. The first kappa shape index (κ1) is 19.8. The van der Waals surface area contributed by atoms with Gasteiger partial charge in [-0.05, 0) is 30.5 Å². The molecule has 2 amide bonds. The molecule has 28 heavy (non-hydrogen) atoms. The molecule has 2 bridgehead atoms. The minimum atomic E-state index is -4.37. The fraction of sp³-hybridized carbons (Fsp3) is 0.556. The van der Waals surface area contributed by atoms with E-state index in [9.17, 15) is 23.9 Å². The van der Waals surface area contributed by atoms with Gasteiger partial charge in [-0.1, -0.05) is 18.6 Å². The van der Waals surface area contributed by atoms with E-state index in [1.807, 2.05) is 0 Å². The number of fused-ring (bicyclic) bond motifs is 7. The van der Waals surface area contributed by atoms with Crippen LogP contribution < -0.4 is 10.1 Å². The largest absolute Gasteiger partial charge is 0.427 e. The van der Waals surface area contributed by atoms with E-state index < -0.39 is 19.8 Å². The van der Waals surface area contributed by atoms with E-state index in [4.69, 9.17) is 4.74 Å². The summed E-state index contributed by atoms with van der Waals surface area (Å²) in [7, 11) is -4.37. The van der Waals surface area contributed by atoms with E-state index in [-0.39, 0.29) is 29.3 Å². The Morgan fingerprint density at radius 1 is 1.21 bits per heavy atom. The summed E-state index contributed by atoms with van der Waals surface area (Å²) >= 11 is 1.77. The molecule has 0 radical (unpaired) electrons. The minimum Gasteiger partial charge on any atom is -0.427 e. The summed E-state index contributed by atoms with van der Waals surface area (Å²) in [5, 5.41) is 3.16. The number of thioether (sulfide) groups is 1. The van der Waals surface area contributed by atoms with Crippen molar-refractivity contribution in [1.29, 1.82) is 0 Å². The maximum Gasteiger partial charge on any atom is 0.327 e. The van der Waals surface area contributed by atoms with Crippen molar-refractivity contribution in [3.8, 4) is 5.75 Å². The van der Waals surface area contributed by atoms with Gasteiger partial charge in [-0.25, -0.2) is 4.79 Å². The number of esters is 1.